The zero-order valence-corrected chi connectivity index (χ0v) is 21.9. The Morgan fingerprint density at radius 1 is 1.03 bits per heavy atom. The van der Waals surface area contributed by atoms with E-state index in [2.05, 4.69) is 21.3 Å². The number of nitrogens with two attached hydrogens (primary N) is 1. The molecule has 37 heavy (non-hydrogen) atoms. The van der Waals surface area contributed by atoms with Crippen LogP contribution in [0.5, 0.6) is 0 Å². The zero-order valence-electron chi connectivity index (χ0n) is 19.2. The molecule has 0 saturated carbocycles. The summed E-state index contributed by atoms with van der Waals surface area (Å²) in [6, 6.07) is 1.63. The molecule has 0 aliphatic rings. The van der Waals surface area contributed by atoms with Gasteiger partial charge < -0.3 is 15.9 Å². The van der Waals surface area contributed by atoms with Crippen molar-refractivity contribution in [1.82, 2.24) is 10.6 Å². The second kappa shape index (κ2) is 16.4. The van der Waals surface area contributed by atoms with Crippen LogP contribution < -0.4 is 31.4 Å². The van der Waals surface area contributed by atoms with Gasteiger partial charge in [-0.25, -0.2) is 0 Å². The first kappa shape index (κ1) is 31.7. The van der Waals surface area contributed by atoms with Crippen LogP contribution in [0.25, 0.3) is 0 Å². The first-order valence-corrected chi connectivity index (χ1v) is 13.3. The topological polar surface area (TPSA) is 234 Å². The number of rotatable bonds is 16. The molecule has 0 unspecified atom stereocenters. The van der Waals surface area contributed by atoms with E-state index in [9.17, 15) is 36.9 Å². The van der Waals surface area contributed by atoms with Crippen molar-refractivity contribution in [2.45, 2.75) is 24.9 Å². The number of hydrogen-bond donors (Lipinski definition) is 7. The van der Waals surface area contributed by atoms with Crippen LogP contribution in [0.1, 0.15) is 12.8 Å². The van der Waals surface area contributed by atoms with E-state index in [-0.39, 0.29) is 35.7 Å². The first-order valence-electron chi connectivity index (χ1n) is 10.4. The van der Waals surface area contributed by atoms with Crippen LogP contribution in [0.3, 0.4) is 0 Å². The summed E-state index contributed by atoms with van der Waals surface area (Å²) < 4.78 is 24.2. The van der Waals surface area contributed by atoms with Crippen LogP contribution in [0, 0.1) is 0 Å². The number of benzene rings is 1. The second-order valence-corrected chi connectivity index (χ2v) is 9.78. The number of aliphatic carboxylic acids is 2. The molecule has 8 N–H and O–H groups in total. The molecule has 202 valence electrons. The first-order chi connectivity index (χ1) is 17.5. The molecular weight excluding hydrogens is 580 g/mol. The van der Waals surface area contributed by atoms with Crippen molar-refractivity contribution in [3.05, 3.63) is 18.2 Å². The fourth-order valence-electron chi connectivity index (χ4n) is 2.59. The zero-order chi connectivity index (χ0) is 28.0. The summed E-state index contributed by atoms with van der Waals surface area (Å²) in [6.45, 7) is -2.02. The molecule has 0 saturated heterocycles. The Morgan fingerprint density at radius 2 is 1.70 bits per heavy atom. The molecule has 0 heterocycles. The van der Waals surface area contributed by atoms with E-state index in [0.717, 1.165) is 11.8 Å². The Labute approximate surface area is 220 Å². The van der Waals surface area contributed by atoms with Gasteiger partial charge in [0.2, 0.25) is 0 Å². The van der Waals surface area contributed by atoms with Gasteiger partial charge in [-0.05, 0) is 6.42 Å². The molecule has 0 aliphatic heterocycles. The number of thioether (sulfide) groups is 1. The number of amides is 4. The van der Waals surface area contributed by atoms with Crippen molar-refractivity contribution in [3.8, 4) is 0 Å². The summed E-state index contributed by atoms with van der Waals surface area (Å²) in [5.74, 6) is -6.12. The number of carbonyl (C=O) groups is 6. The third kappa shape index (κ3) is 12.4. The number of carboxylic acid groups (broad SMARTS) is 2. The van der Waals surface area contributed by atoms with E-state index >= 15 is 0 Å². The van der Waals surface area contributed by atoms with Crippen molar-refractivity contribution in [2.24, 2.45) is 5.73 Å². The Morgan fingerprint density at radius 3 is 2.30 bits per heavy atom. The number of anilines is 2. The molecule has 0 aliphatic carbocycles. The molecule has 14 nitrogen and oxygen atoms in total. The number of hydrogen-bond acceptors (Lipinski definition) is 9. The third-order valence-electron chi connectivity index (χ3n) is 4.36. The maximum atomic E-state index is 12.6. The minimum absolute atomic E-state index is 0.0439. The molecule has 17 heteroatoms. The quantitative estimate of drug-likeness (QED) is 0.100. The van der Waals surface area contributed by atoms with Gasteiger partial charge in [-0.2, -0.15) is 0 Å². The van der Waals surface area contributed by atoms with Gasteiger partial charge >= 0.3 is 165 Å². The van der Waals surface area contributed by atoms with Crippen molar-refractivity contribution in [2.75, 3.05) is 35.4 Å². The van der Waals surface area contributed by atoms with E-state index in [4.69, 9.17) is 15.9 Å². The summed E-state index contributed by atoms with van der Waals surface area (Å²) >= 11 is -0.527. The van der Waals surface area contributed by atoms with E-state index in [1.807, 2.05) is 0 Å². The van der Waals surface area contributed by atoms with Gasteiger partial charge in [0.15, 0.2) is 0 Å². The summed E-state index contributed by atoms with van der Waals surface area (Å²) in [5.41, 5.74) is 5.51. The van der Waals surface area contributed by atoms with Gasteiger partial charge in [-0.15, -0.1) is 0 Å². The number of carbonyl (C=O) groups excluding carboxylic acids is 4. The van der Waals surface area contributed by atoms with E-state index in [1.165, 1.54) is 18.2 Å². The molecule has 0 fully saturated rings. The Kier molecular flexibility index (Phi) is 14.0. The molecule has 2 atom stereocenters. The van der Waals surface area contributed by atoms with Crippen molar-refractivity contribution >= 4 is 78.7 Å². The molecule has 0 bridgehead atoms. The van der Waals surface area contributed by atoms with Gasteiger partial charge in [-0.1, -0.05) is 0 Å². The standard InChI is InChI=1S/C20H25AsFN5O9S/c22-6-16(29)26-13-5-10(21-36)1-3-12(13)25-17(30)9-37-8-14(19(33)24-7-18(31)32)27-15(28)4-2-11(23)20(34)35/h1,3,5,11,14H,2,4,6-9,23H2,(H,24,33)(H,25,30)(H,26,29)(H,27,28)(H,31,32)(H,34,35)/t11-,14-/m0/s1. The summed E-state index contributed by atoms with van der Waals surface area (Å²) in [4.78, 5) is 69.8. The maximum absolute atomic E-state index is 12.6. The van der Waals surface area contributed by atoms with Crippen LogP contribution in [-0.4, -0.2) is 98.3 Å². The molecule has 0 radical (unpaired) electrons. The van der Waals surface area contributed by atoms with Crippen molar-refractivity contribution in [1.29, 1.82) is 0 Å². The Hall–Kier alpha value is -3.36. The summed E-state index contributed by atoms with van der Waals surface area (Å²) in [5, 5.41) is 26.7. The summed E-state index contributed by atoms with van der Waals surface area (Å²) in [6.07, 6.45) is -0.510. The molecule has 0 spiro atoms. The molecule has 1 aromatic rings. The minimum atomic E-state index is -1.44. The predicted molar refractivity (Wildman–Crippen MR) is 130 cm³/mol. The van der Waals surface area contributed by atoms with Gasteiger partial charge in [0.1, 0.15) is 12.6 Å². The van der Waals surface area contributed by atoms with Crippen LogP contribution in [0.15, 0.2) is 18.2 Å². The minimum Gasteiger partial charge on any atom is -0.480 e. The van der Waals surface area contributed by atoms with Crippen LogP contribution in [0.4, 0.5) is 15.8 Å². The van der Waals surface area contributed by atoms with E-state index in [1.54, 1.807) is 0 Å². The smallest absolute Gasteiger partial charge is 0.480 e. The fourth-order valence-corrected chi connectivity index (χ4v) is 4.10. The number of carboxylic acids is 2. The van der Waals surface area contributed by atoms with Crippen LogP contribution in [-0.2, 0) is 32.5 Å². The predicted octanol–water partition coefficient (Wildman–Crippen LogP) is -2.18. The summed E-state index contributed by atoms with van der Waals surface area (Å²) in [7, 11) is 0. The second-order valence-electron chi connectivity index (χ2n) is 7.28. The van der Waals surface area contributed by atoms with Crippen molar-refractivity contribution in [3.63, 3.8) is 0 Å². The SMILES string of the molecule is N[C@@H](CCC(=O)N[C@@H](CSCC(=O)Nc1ccc([As]=O)cc1NC(=O)CF)C(=O)NCC(=O)O)C(=O)O. The van der Waals surface area contributed by atoms with Gasteiger partial charge in [0, 0.05) is 6.42 Å². The average Bonchev–Trinajstić information content (AvgIpc) is 2.85. The number of nitrogens with one attached hydrogen (secondary N) is 4. The Bertz CT molecular complexity index is 1050. The normalized spacial score (nSPS) is 12.2. The van der Waals surface area contributed by atoms with E-state index in [0.29, 0.717) is 4.35 Å². The van der Waals surface area contributed by atoms with Crippen molar-refractivity contribution < 1.29 is 47.1 Å². The fraction of sp³-hybridized carbons (Fsp3) is 0.400. The number of halogens is 1. The van der Waals surface area contributed by atoms with Crippen LogP contribution in [0.2, 0.25) is 0 Å². The van der Waals surface area contributed by atoms with E-state index < -0.39 is 76.6 Å². The molecule has 1 aromatic carbocycles. The van der Waals surface area contributed by atoms with Gasteiger partial charge in [-0.3, -0.25) is 14.4 Å². The molecule has 4 amide bonds. The van der Waals surface area contributed by atoms with Crippen LogP contribution >= 0.6 is 11.8 Å². The Balaban J connectivity index is 2.78. The molecule has 0 aromatic heterocycles. The van der Waals surface area contributed by atoms with Gasteiger partial charge in [0.05, 0.1) is 0 Å². The number of alkyl halides is 1. The molecular formula is C20H25AsFN5O9S. The molecule has 1 rings (SSSR count). The van der Waals surface area contributed by atoms with Gasteiger partial charge in [0.25, 0.3) is 0 Å². The average molecular weight is 605 g/mol. The monoisotopic (exact) mass is 605 g/mol. The third-order valence-corrected chi connectivity index (χ3v) is 6.42.